The van der Waals surface area contributed by atoms with Gasteiger partial charge in [-0.2, -0.15) is 0 Å². The zero-order valence-corrected chi connectivity index (χ0v) is 8.80. The summed E-state index contributed by atoms with van der Waals surface area (Å²) in [5.74, 6) is -1.07. The highest BCUT2D eigenvalue weighted by Gasteiger charge is 2.48. The van der Waals surface area contributed by atoms with E-state index in [1.807, 2.05) is 0 Å². The molecule has 0 bridgehead atoms. The van der Waals surface area contributed by atoms with Gasteiger partial charge in [0.1, 0.15) is 24.4 Å². The molecule has 0 radical (unpaired) electrons. The quantitative estimate of drug-likeness (QED) is 0.438. The number of hydrogen-bond acceptors (Lipinski definition) is 7. The molecule has 0 amide bonds. The number of carboxylic acid groups (broad SMARTS) is 1. The minimum absolute atomic E-state index is 0.0408. The molecule has 17 heavy (non-hydrogen) atoms. The maximum absolute atomic E-state index is 10.4. The molecule has 8 nitrogen and oxygen atoms in total. The van der Waals surface area contributed by atoms with Crippen LogP contribution >= 0.6 is 0 Å². The second kappa shape index (κ2) is 4.84. The maximum atomic E-state index is 10.4. The van der Waals surface area contributed by atoms with Crippen molar-refractivity contribution in [3.05, 3.63) is 0 Å². The molecule has 6 atom stereocenters. The van der Waals surface area contributed by atoms with E-state index in [9.17, 15) is 20.1 Å². The molecule has 0 aliphatic carbocycles. The Bertz CT molecular complexity index is 295. The summed E-state index contributed by atoms with van der Waals surface area (Å²) in [7, 11) is 0. The molecular formula is C9H14O8. The van der Waals surface area contributed by atoms with Crippen LogP contribution in [0.5, 0.6) is 0 Å². The van der Waals surface area contributed by atoms with Crippen LogP contribution in [0.4, 0.5) is 0 Å². The monoisotopic (exact) mass is 250 g/mol. The lowest BCUT2D eigenvalue weighted by molar-refractivity contribution is -0.161. The summed E-state index contributed by atoms with van der Waals surface area (Å²) in [5.41, 5.74) is 0. The first-order chi connectivity index (χ1) is 7.99. The average Bonchev–Trinajstić information content (AvgIpc) is 2.78. The number of aliphatic hydroxyl groups excluding tert-OH is 3. The zero-order chi connectivity index (χ0) is 12.6. The van der Waals surface area contributed by atoms with E-state index in [2.05, 4.69) is 0 Å². The van der Waals surface area contributed by atoms with Crippen molar-refractivity contribution in [2.45, 2.75) is 43.4 Å². The Balaban J connectivity index is 1.90. The lowest BCUT2D eigenvalue weighted by Gasteiger charge is -2.19. The zero-order valence-electron chi connectivity index (χ0n) is 8.80. The van der Waals surface area contributed by atoms with Crippen LogP contribution < -0.4 is 0 Å². The SMILES string of the molecule is O=C(O)CC1OCC(C2OC(O)C(O)C2O)O1. The van der Waals surface area contributed by atoms with Gasteiger partial charge in [-0.3, -0.25) is 4.79 Å². The van der Waals surface area contributed by atoms with Gasteiger partial charge in [0.05, 0.1) is 13.0 Å². The van der Waals surface area contributed by atoms with Crippen LogP contribution in [0.15, 0.2) is 0 Å². The first kappa shape index (κ1) is 12.7. The van der Waals surface area contributed by atoms with Crippen molar-refractivity contribution in [1.82, 2.24) is 0 Å². The van der Waals surface area contributed by atoms with Crippen LogP contribution in [-0.4, -0.2) is 70.0 Å². The molecule has 0 aromatic rings. The number of ether oxygens (including phenoxy) is 3. The van der Waals surface area contributed by atoms with Gasteiger partial charge in [0.2, 0.25) is 0 Å². The smallest absolute Gasteiger partial charge is 0.308 e. The Hall–Kier alpha value is -0.770. The van der Waals surface area contributed by atoms with Gasteiger partial charge in [-0.15, -0.1) is 0 Å². The summed E-state index contributed by atoms with van der Waals surface area (Å²) in [6, 6.07) is 0. The minimum atomic E-state index is -1.47. The fourth-order valence-electron chi connectivity index (χ4n) is 1.89. The largest absolute Gasteiger partial charge is 0.481 e. The maximum Gasteiger partial charge on any atom is 0.308 e. The first-order valence-electron chi connectivity index (χ1n) is 5.17. The molecular weight excluding hydrogens is 236 g/mol. The Morgan fingerprint density at radius 1 is 1.18 bits per heavy atom. The fraction of sp³-hybridized carbons (Fsp3) is 0.889. The van der Waals surface area contributed by atoms with E-state index >= 15 is 0 Å². The van der Waals surface area contributed by atoms with E-state index in [4.69, 9.17) is 19.3 Å². The Labute approximate surface area is 96.3 Å². The highest BCUT2D eigenvalue weighted by atomic mass is 16.7. The summed E-state index contributed by atoms with van der Waals surface area (Å²) in [6.45, 7) is 0.0408. The Kier molecular flexibility index (Phi) is 3.61. The van der Waals surface area contributed by atoms with Crippen LogP contribution in [0.25, 0.3) is 0 Å². The molecule has 0 spiro atoms. The van der Waals surface area contributed by atoms with E-state index < -0.39 is 43.0 Å². The summed E-state index contributed by atoms with van der Waals surface area (Å²) in [6.07, 6.45) is -7.02. The summed E-state index contributed by atoms with van der Waals surface area (Å²) in [5, 5.41) is 36.6. The van der Waals surface area contributed by atoms with Gasteiger partial charge in [-0.05, 0) is 0 Å². The van der Waals surface area contributed by atoms with Gasteiger partial charge in [0.15, 0.2) is 12.6 Å². The lowest BCUT2D eigenvalue weighted by atomic mass is 10.1. The van der Waals surface area contributed by atoms with Crippen molar-refractivity contribution in [3.8, 4) is 0 Å². The van der Waals surface area contributed by atoms with Gasteiger partial charge in [-0.25, -0.2) is 0 Å². The van der Waals surface area contributed by atoms with E-state index in [-0.39, 0.29) is 13.0 Å². The molecule has 2 heterocycles. The second-order valence-corrected chi connectivity index (χ2v) is 4.01. The molecule has 0 aromatic heterocycles. The Morgan fingerprint density at radius 2 is 1.88 bits per heavy atom. The molecule has 6 unspecified atom stereocenters. The molecule has 0 aromatic carbocycles. The molecule has 8 heteroatoms. The third-order valence-corrected chi connectivity index (χ3v) is 2.76. The highest BCUT2D eigenvalue weighted by molar-refractivity contribution is 5.67. The average molecular weight is 250 g/mol. The molecule has 2 rings (SSSR count). The topological polar surface area (TPSA) is 126 Å². The molecule has 0 saturated carbocycles. The highest BCUT2D eigenvalue weighted by Crippen LogP contribution is 2.28. The van der Waals surface area contributed by atoms with E-state index in [0.29, 0.717) is 0 Å². The van der Waals surface area contributed by atoms with Gasteiger partial charge in [0.25, 0.3) is 0 Å². The third kappa shape index (κ3) is 2.57. The number of aliphatic hydroxyl groups is 3. The fourth-order valence-corrected chi connectivity index (χ4v) is 1.89. The van der Waals surface area contributed by atoms with E-state index in [1.54, 1.807) is 0 Å². The van der Waals surface area contributed by atoms with Crippen LogP contribution in [0, 0.1) is 0 Å². The van der Waals surface area contributed by atoms with Crippen molar-refractivity contribution < 1.29 is 39.4 Å². The van der Waals surface area contributed by atoms with Crippen molar-refractivity contribution in [1.29, 1.82) is 0 Å². The standard InChI is InChI=1S/C9H14O8/c10-4(11)1-5-15-2-3(16-5)8-6(12)7(13)9(14)17-8/h3,5-9,12-14H,1-2H2,(H,10,11). The van der Waals surface area contributed by atoms with Crippen LogP contribution in [0.2, 0.25) is 0 Å². The second-order valence-electron chi connectivity index (χ2n) is 4.01. The van der Waals surface area contributed by atoms with Gasteiger partial charge in [-0.1, -0.05) is 0 Å². The minimum Gasteiger partial charge on any atom is -0.481 e. The molecule has 98 valence electrons. The van der Waals surface area contributed by atoms with Crippen molar-refractivity contribution >= 4 is 5.97 Å². The van der Waals surface area contributed by atoms with Crippen molar-refractivity contribution in [3.63, 3.8) is 0 Å². The van der Waals surface area contributed by atoms with Gasteiger partial charge in [0, 0.05) is 0 Å². The Morgan fingerprint density at radius 3 is 2.41 bits per heavy atom. The molecule has 4 N–H and O–H groups in total. The first-order valence-corrected chi connectivity index (χ1v) is 5.17. The predicted molar refractivity (Wildman–Crippen MR) is 49.8 cm³/mol. The number of carbonyl (C=O) groups is 1. The van der Waals surface area contributed by atoms with Crippen LogP contribution in [0.3, 0.4) is 0 Å². The summed E-state index contributed by atoms with van der Waals surface area (Å²) in [4.78, 5) is 10.4. The van der Waals surface area contributed by atoms with Gasteiger partial charge >= 0.3 is 5.97 Å². The number of hydrogen-bond donors (Lipinski definition) is 4. The van der Waals surface area contributed by atoms with Crippen LogP contribution in [0.1, 0.15) is 6.42 Å². The van der Waals surface area contributed by atoms with Crippen molar-refractivity contribution in [2.75, 3.05) is 6.61 Å². The third-order valence-electron chi connectivity index (χ3n) is 2.76. The molecule has 2 saturated heterocycles. The summed E-state index contributed by atoms with van der Waals surface area (Å²) >= 11 is 0. The number of aliphatic carboxylic acids is 1. The van der Waals surface area contributed by atoms with Crippen molar-refractivity contribution in [2.24, 2.45) is 0 Å². The molecule has 2 fully saturated rings. The van der Waals surface area contributed by atoms with E-state index in [0.717, 1.165) is 0 Å². The normalized spacial score (nSPS) is 46.3. The number of rotatable bonds is 3. The van der Waals surface area contributed by atoms with Gasteiger partial charge < -0.3 is 34.6 Å². The summed E-state index contributed by atoms with van der Waals surface area (Å²) < 4.78 is 15.2. The lowest BCUT2D eigenvalue weighted by Crippen LogP contribution is -2.40. The molecule has 2 aliphatic heterocycles. The van der Waals surface area contributed by atoms with Crippen LogP contribution in [-0.2, 0) is 19.0 Å². The number of carboxylic acids is 1. The predicted octanol–water partition coefficient (Wildman–Crippen LogP) is -2.36. The van der Waals surface area contributed by atoms with E-state index in [1.165, 1.54) is 0 Å². The molecule has 2 aliphatic rings.